The van der Waals surface area contributed by atoms with E-state index in [-0.39, 0.29) is 11.5 Å². The molecule has 4 aromatic rings. The third-order valence-corrected chi connectivity index (χ3v) is 6.38. The van der Waals surface area contributed by atoms with Crippen molar-refractivity contribution in [2.75, 3.05) is 7.11 Å². The Bertz CT molecular complexity index is 1270. The predicted molar refractivity (Wildman–Crippen MR) is 121 cm³/mol. The Kier molecular flexibility index (Phi) is 6.36. The van der Waals surface area contributed by atoms with Crippen molar-refractivity contribution in [2.45, 2.75) is 43.1 Å². The van der Waals surface area contributed by atoms with E-state index in [2.05, 4.69) is 17.1 Å². The number of para-hydroxylation sites is 1. The molecule has 0 N–H and O–H groups in total. The van der Waals surface area contributed by atoms with Gasteiger partial charge in [-0.3, -0.25) is 18.6 Å². The van der Waals surface area contributed by atoms with Crippen LogP contribution in [-0.2, 0) is 16.1 Å². The average Bonchev–Trinajstić information content (AvgIpc) is 3.23. The Labute approximate surface area is 184 Å². The molecule has 2 heterocycles. The van der Waals surface area contributed by atoms with Gasteiger partial charge in [-0.2, -0.15) is 0 Å². The van der Waals surface area contributed by atoms with Crippen molar-refractivity contribution in [3.63, 3.8) is 0 Å². The minimum Gasteiger partial charge on any atom is -0.468 e. The van der Waals surface area contributed by atoms with Gasteiger partial charge < -0.3 is 4.74 Å². The van der Waals surface area contributed by atoms with Gasteiger partial charge in [0.1, 0.15) is 5.25 Å². The molecule has 4 rings (SSSR count). The van der Waals surface area contributed by atoms with Gasteiger partial charge in [0.2, 0.25) is 5.78 Å². The first-order valence-corrected chi connectivity index (χ1v) is 11.2. The number of fused-ring (bicyclic) bond motifs is 3. The number of thioether (sulfide) groups is 1. The standard InChI is InChI=1S/C23H24N4O3S/c1-3-4-10-15-26-20(28)17-13-8-9-14-18(17)27-22(26)24-25-23(27)31-19(21(29)30-2)16-11-6-5-7-12-16/h5-9,11-14,19H,3-4,10,15H2,1-2H3. The van der Waals surface area contributed by atoms with Crippen LogP contribution >= 0.6 is 11.8 Å². The molecule has 1 unspecified atom stereocenters. The summed E-state index contributed by atoms with van der Waals surface area (Å²) in [6, 6.07) is 16.9. The third kappa shape index (κ3) is 4.07. The number of unbranched alkanes of at least 4 members (excludes halogenated alkanes) is 2. The lowest BCUT2D eigenvalue weighted by Crippen LogP contribution is -2.23. The summed E-state index contributed by atoms with van der Waals surface area (Å²) in [6.07, 6.45) is 2.97. The number of hydrogen-bond acceptors (Lipinski definition) is 6. The lowest BCUT2D eigenvalue weighted by atomic mass is 10.1. The summed E-state index contributed by atoms with van der Waals surface area (Å²) >= 11 is 1.27. The number of nitrogens with zero attached hydrogens (tertiary/aromatic N) is 4. The molecule has 7 nitrogen and oxygen atoms in total. The molecule has 0 saturated carbocycles. The Morgan fingerprint density at radius 1 is 1.06 bits per heavy atom. The Morgan fingerprint density at radius 2 is 1.81 bits per heavy atom. The van der Waals surface area contributed by atoms with E-state index in [0.717, 1.165) is 30.3 Å². The van der Waals surface area contributed by atoms with Gasteiger partial charge in [0.05, 0.1) is 18.0 Å². The van der Waals surface area contributed by atoms with Crippen LogP contribution in [0.2, 0.25) is 0 Å². The molecule has 0 spiro atoms. The number of methoxy groups -OCH3 is 1. The topological polar surface area (TPSA) is 78.5 Å². The molecular weight excluding hydrogens is 412 g/mol. The van der Waals surface area contributed by atoms with E-state index in [1.54, 1.807) is 4.57 Å². The first-order valence-electron chi connectivity index (χ1n) is 10.3. The van der Waals surface area contributed by atoms with Gasteiger partial charge in [0, 0.05) is 6.54 Å². The van der Waals surface area contributed by atoms with Crippen LogP contribution in [0, 0.1) is 0 Å². The summed E-state index contributed by atoms with van der Waals surface area (Å²) < 4.78 is 8.60. The number of aryl methyl sites for hydroxylation is 1. The zero-order valence-corrected chi connectivity index (χ0v) is 18.3. The van der Waals surface area contributed by atoms with Crippen LogP contribution in [0.25, 0.3) is 16.7 Å². The van der Waals surface area contributed by atoms with Crippen LogP contribution in [0.5, 0.6) is 0 Å². The molecule has 0 aliphatic heterocycles. The summed E-state index contributed by atoms with van der Waals surface area (Å²) in [5.41, 5.74) is 1.46. The second-order valence-electron chi connectivity index (χ2n) is 7.23. The second kappa shape index (κ2) is 9.34. The Hall–Kier alpha value is -3.13. The maximum atomic E-state index is 13.1. The minimum absolute atomic E-state index is 0.0734. The fourth-order valence-corrected chi connectivity index (χ4v) is 4.69. The van der Waals surface area contributed by atoms with E-state index in [1.165, 1.54) is 18.9 Å². The number of hydrogen-bond donors (Lipinski definition) is 0. The van der Waals surface area contributed by atoms with Crippen LogP contribution in [0.3, 0.4) is 0 Å². The van der Waals surface area contributed by atoms with Crippen molar-refractivity contribution in [2.24, 2.45) is 0 Å². The van der Waals surface area contributed by atoms with E-state index < -0.39 is 5.25 Å². The monoisotopic (exact) mass is 436 g/mol. The molecule has 1 atom stereocenters. The average molecular weight is 437 g/mol. The summed E-state index contributed by atoms with van der Waals surface area (Å²) in [7, 11) is 1.38. The minimum atomic E-state index is -0.599. The van der Waals surface area contributed by atoms with Crippen molar-refractivity contribution in [3.8, 4) is 0 Å². The van der Waals surface area contributed by atoms with Gasteiger partial charge in [-0.1, -0.05) is 74.0 Å². The fourth-order valence-electron chi connectivity index (χ4n) is 3.62. The molecule has 8 heteroatoms. The van der Waals surface area contributed by atoms with Crippen molar-refractivity contribution in [3.05, 3.63) is 70.5 Å². The first kappa shape index (κ1) is 21.1. The predicted octanol–water partition coefficient (Wildman–Crippen LogP) is 4.24. The fraction of sp³-hybridized carbons (Fsp3) is 0.304. The van der Waals surface area contributed by atoms with Gasteiger partial charge in [0.15, 0.2) is 5.16 Å². The number of carbonyl (C=O) groups is 1. The number of aromatic nitrogens is 4. The highest BCUT2D eigenvalue weighted by molar-refractivity contribution is 8.00. The highest BCUT2D eigenvalue weighted by Gasteiger charge is 2.26. The highest BCUT2D eigenvalue weighted by atomic mass is 32.2. The van der Waals surface area contributed by atoms with Gasteiger partial charge >= 0.3 is 5.97 Å². The van der Waals surface area contributed by atoms with Gasteiger partial charge in [-0.15, -0.1) is 10.2 Å². The van der Waals surface area contributed by atoms with E-state index in [1.807, 2.05) is 59.0 Å². The number of benzene rings is 2. The van der Waals surface area contributed by atoms with E-state index >= 15 is 0 Å². The van der Waals surface area contributed by atoms with Crippen LogP contribution in [0.1, 0.15) is 37.0 Å². The van der Waals surface area contributed by atoms with Crippen LogP contribution in [-0.4, -0.2) is 32.2 Å². The molecule has 2 aromatic carbocycles. The van der Waals surface area contributed by atoms with E-state index in [0.29, 0.717) is 22.9 Å². The molecule has 0 fully saturated rings. The first-order chi connectivity index (χ1) is 15.2. The summed E-state index contributed by atoms with van der Waals surface area (Å²) in [6.45, 7) is 2.70. The quantitative estimate of drug-likeness (QED) is 0.234. The van der Waals surface area contributed by atoms with Crippen molar-refractivity contribution in [1.29, 1.82) is 0 Å². The second-order valence-corrected chi connectivity index (χ2v) is 8.30. The van der Waals surface area contributed by atoms with Crippen LogP contribution in [0.15, 0.2) is 64.5 Å². The summed E-state index contributed by atoms with van der Waals surface area (Å²) in [4.78, 5) is 25.7. The number of carbonyl (C=O) groups excluding carboxylic acids is 1. The van der Waals surface area contributed by atoms with Crippen LogP contribution < -0.4 is 5.56 Å². The largest absolute Gasteiger partial charge is 0.468 e. The lowest BCUT2D eigenvalue weighted by molar-refractivity contribution is -0.140. The van der Waals surface area contributed by atoms with Crippen molar-refractivity contribution < 1.29 is 9.53 Å². The van der Waals surface area contributed by atoms with Crippen molar-refractivity contribution >= 4 is 34.4 Å². The lowest BCUT2D eigenvalue weighted by Gasteiger charge is -2.15. The molecule has 0 bridgehead atoms. The normalized spacial score (nSPS) is 12.3. The van der Waals surface area contributed by atoms with Crippen LogP contribution in [0.4, 0.5) is 0 Å². The molecule has 0 aliphatic rings. The van der Waals surface area contributed by atoms with Gasteiger partial charge in [-0.25, -0.2) is 0 Å². The molecule has 160 valence electrons. The molecule has 0 saturated heterocycles. The maximum Gasteiger partial charge on any atom is 0.323 e. The summed E-state index contributed by atoms with van der Waals surface area (Å²) in [5.74, 6) is 0.118. The van der Waals surface area contributed by atoms with Gasteiger partial charge in [0.25, 0.3) is 5.56 Å². The van der Waals surface area contributed by atoms with E-state index in [4.69, 9.17) is 4.74 Å². The third-order valence-electron chi connectivity index (χ3n) is 5.20. The molecular formula is C23H24N4O3S. The Balaban J connectivity index is 1.87. The van der Waals surface area contributed by atoms with Crippen molar-refractivity contribution in [1.82, 2.24) is 19.2 Å². The molecule has 0 radical (unpaired) electrons. The number of ether oxygens (including phenoxy) is 1. The summed E-state index contributed by atoms with van der Waals surface area (Å²) in [5, 5.41) is 9.25. The zero-order chi connectivity index (χ0) is 21.8. The SMILES string of the molecule is CCCCCn1c(=O)c2ccccc2n2c(SC(C(=O)OC)c3ccccc3)nnc12. The molecule has 2 aromatic heterocycles. The van der Waals surface area contributed by atoms with Gasteiger partial charge in [-0.05, 0) is 24.1 Å². The smallest absolute Gasteiger partial charge is 0.323 e. The molecule has 31 heavy (non-hydrogen) atoms. The van der Waals surface area contributed by atoms with E-state index in [9.17, 15) is 9.59 Å². The zero-order valence-electron chi connectivity index (χ0n) is 17.5. The molecule has 0 amide bonds. The maximum absolute atomic E-state index is 13.1. The Morgan fingerprint density at radius 3 is 2.55 bits per heavy atom. The number of rotatable bonds is 8. The highest BCUT2D eigenvalue weighted by Crippen LogP contribution is 2.36. The number of esters is 1. The molecule has 0 aliphatic carbocycles.